The molecule has 1 aromatic rings. The number of carbonyl (C=O) groups is 1. The van der Waals surface area contributed by atoms with Crippen LogP contribution in [0.5, 0.6) is 0 Å². The number of hydrogen-bond acceptors (Lipinski definition) is 3. The summed E-state index contributed by atoms with van der Waals surface area (Å²) in [5.74, 6) is 1.36. The zero-order valence-electron chi connectivity index (χ0n) is 10.5. The summed E-state index contributed by atoms with van der Waals surface area (Å²) >= 11 is 0. The molecule has 1 fully saturated rings. The number of nitrogens with one attached hydrogen (secondary N) is 2. The van der Waals surface area contributed by atoms with Crippen molar-refractivity contribution in [3.8, 4) is 0 Å². The van der Waals surface area contributed by atoms with E-state index in [4.69, 9.17) is 5.73 Å². The van der Waals surface area contributed by atoms with Gasteiger partial charge in [0.15, 0.2) is 5.96 Å². The summed E-state index contributed by atoms with van der Waals surface area (Å²) < 4.78 is 0. The van der Waals surface area contributed by atoms with Crippen LogP contribution in [0.2, 0.25) is 0 Å². The van der Waals surface area contributed by atoms with Crippen LogP contribution in [0.25, 0.3) is 0 Å². The first-order chi connectivity index (χ1) is 8.74. The maximum Gasteiger partial charge on any atom is 0.241 e. The fraction of sp³-hybridized carbons (Fsp3) is 0.417. The number of aromatic nitrogens is 1. The van der Waals surface area contributed by atoms with Gasteiger partial charge in [0.05, 0.1) is 0 Å². The first-order valence-electron chi connectivity index (χ1n) is 5.98. The van der Waals surface area contributed by atoms with Crippen LogP contribution >= 0.6 is 24.0 Å². The van der Waals surface area contributed by atoms with Crippen LogP contribution in [-0.2, 0) is 4.79 Å². The molecule has 6 nitrogen and oxygen atoms in total. The van der Waals surface area contributed by atoms with Crippen LogP contribution in [0.4, 0.5) is 5.82 Å². The van der Waals surface area contributed by atoms with Crippen molar-refractivity contribution in [1.29, 1.82) is 0 Å². The number of rotatable bonds is 5. The van der Waals surface area contributed by atoms with Crippen LogP contribution in [0.1, 0.15) is 12.8 Å². The molecule has 2 rings (SSSR count). The number of halogens is 1. The van der Waals surface area contributed by atoms with E-state index in [0.717, 1.165) is 6.54 Å². The lowest BCUT2D eigenvalue weighted by atomic mass is 10.4. The summed E-state index contributed by atoms with van der Waals surface area (Å²) in [5, 5.41) is 5.63. The van der Waals surface area contributed by atoms with Gasteiger partial charge in [0.1, 0.15) is 12.4 Å². The Balaban J connectivity index is 0.00000180. The third kappa shape index (κ3) is 6.37. The molecule has 1 aliphatic rings. The Morgan fingerprint density at radius 2 is 2.26 bits per heavy atom. The first-order valence-corrected chi connectivity index (χ1v) is 5.98. The van der Waals surface area contributed by atoms with Crippen LogP contribution in [0.3, 0.4) is 0 Å². The Bertz CT molecular complexity index is 433. The molecule has 7 heteroatoms. The van der Waals surface area contributed by atoms with Gasteiger partial charge in [0.2, 0.25) is 5.91 Å². The fourth-order valence-electron chi connectivity index (χ4n) is 1.40. The molecule has 0 radical (unpaired) electrons. The molecule has 1 aromatic heterocycles. The van der Waals surface area contributed by atoms with Gasteiger partial charge >= 0.3 is 0 Å². The molecule has 0 bridgehead atoms. The molecule has 1 heterocycles. The summed E-state index contributed by atoms with van der Waals surface area (Å²) in [6, 6.07) is 5.42. The standard InChI is InChI=1S/C12H17N5O.HI/c13-12(17-10-3-1-2-6-14-10)16-8-11(18)15-7-9-4-5-9;/h1-3,6,9H,4-5,7-8H2,(H,15,18)(H3,13,14,16,17);1H. The highest BCUT2D eigenvalue weighted by atomic mass is 127. The lowest BCUT2D eigenvalue weighted by Crippen LogP contribution is -2.30. The molecular weight excluding hydrogens is 357 g/mol. The summed E-state index contributed by atoms with van der Waals surface area (Å²) in [7, 11) is 0. The van der Waals surface area contributed by atoms with Gasteiger partial charge in [-0.25, -0.2) is 9.98 Å². The summed E-state index contributed by atoms with van der Waals surface area (Å²) in [6.07, 6.45) is 4.08. The number of hydrogen-bond donors (Lipinski definition) is 3. The SMILES string of the molecule is I.NC(=NCC(=O)NCC1CC1)Nc1ccccn1. The molecule has 0 unspecified atom stereocenters. The van der Waals surface area contributed by atoms with Crippen molar-refractivity contribution in [2.75, 3.05) is 18.4 Å². The van der Waals surface area contributed by atoms with Gasteiger partial charge in [0.25, 0.3) is 0 Å². The monoisotopic (exact) mass is 375 g/mol. The number of nitrogens with zero attached hydrogens (tertiary/aromatic N) is 2. The third-order valence-corrected chi connectivity index (χ3v) is 2.60. The number of nitrogens with two attached hydrogens (primary N) is 1. The van der Waals surface area contributed by atoms with E-state index in [1.165, 1.54) is 12.8 Å². The van der Waals surface area contributed by atoms with Gasteiger partial charge in [-0.15, -0.1) is 24.0 Å². The molecule has 0 aliphatic heterocycles. The van der Waals surface area contributed by atoms with Crippen LogP contribution < -0.4 is 16.4 Å². The van der Waals surface area contributed by atoms with Crippen LogP contribution in [0.15, 0.2) is 29.4 Å². The fourth-order valence-corrected chi connectivity index (χ4v) is 1.40. The highest BCUT2D eigenvalue weighted by Crippen LogP contribution is 2.27. The number of amides is 1. The Morgan fingerprint density at radius 3 is 2.89 bits per heavy atom. The molecule has 0 spiro atoms. The second kappa shape index (κ2) is 7.93. The molecule has 4 N–H and O–H groups in total. The van der Waals surface area contributed by atoms with Crippen molar-refractivity contribution in [2.45, 2.75) is 12.8 Å². The van der Waals surface area contributed by atoms with Gasteiger partial charge < -0.3 is 16.4 Å². The van der Waals surface area contributed by atoms with Gasteiger partial charge in [-0.05, 0) is 30.9 Å². The van der Waals surface area contributed by atoms with E-state index in [1.54, 1.807) is 12.3 Å². The van der Waals surface area contributed by atoms with Gasteiger partial charge in [-0.1, -0.05) is 6.07 Å². The third-order valence-electron chi connectivity index (χ3n) is 2.60. The highest BCUT2D eigenvalue weighted by molar-refractivity contribution is 14.0. The summed E-state index contributed by atoms with van der Waals surface area (Å²) in [6.45, 7) is 0.792. The van der Waals surface area contributed by atoms with Crippen molar-refractivity contribution >= 4 is 41.7 Å². The van der Waals surface area contributed by atoms with Gasteiger partial charge in [-0.3, -0.25) is 4.79 Å². The predicted molar refractivity (Wildman–Crippen MR) is 85.5 cm³/mol. The van der Waals surface area contributed by atoms with Crippen molar-refractivity contribution in [3.63, 3.8) is 0 Å². The number of aliphatic imine (C=N–C) groups is 1. The van der Waals surface area contributed by atoms with Crippen molar-refractivity contribution < 1.29 is 4.79 Å². The van der Waals surface area contributed by atoms with Crippen LogP contribution in [0, 0.1) is 5.92 Å². The molecule has 0 atom stereocenters. The van der Waals surface area contributed by atoms with Gasteiger partial charge in [-0.2, -0.15) is 0 Å². The quantitative estimate of drug-likeness (QED) is 0.406. The molecule has 1 amide bonds. The first kappa shape index (κ1) is 15.7. The average Bonchev–Trinajstić information content (AvgIpc) is 3.19. The highest BCUT2D eigenvalue weighted by Gasteiger charge is 2.21. The lowest BCUT2D eigenvalue weighted by Gasteiger charge is -2.04. The molecule has 1 aliphatic carbocycles. The number of pyridine rings is 1. The second-order valence-electron chi connectivity index (χ2n) is 4.29. The van der Waals surface area contributed by atoms with E-state index < -0.39 is 0 Å². The molecule has 1 saturated carbocycles. The van der Waals surface area contributed by atoms with E-state index in [0.29, 0.717) is 11.7 Å². The van der Waals surface area contributed by atoms with Crippen LogP contribution in [-0.4, -0.2) is 29.9 Å². The Morgan fingerprint density at radius 1 is 1.47 bits per heavy atom. The summed E-state index contributed by atoms with van der Waals surface area (Å²) in [5.41, 5.74) is 5.64. The molecule has 0 saturated heterocycles. The maximum atomic E-state index is 11.4. The smallest absolute Gasteiger partial charge is 0.241 e. The lowest BCUT2D eigenvalue weighted by molar-refractivity contribution is -0.119. The van der Waals surface area contributed by atoms with E-state index in [1.807, 2.05) is 12.1 Å². The number of carbonyl (C=O) groups excluding carboxylic acids is 1. The summed E-state index contributed by atoms with van der Waals surface area (Å²) in [4.78, 5) is 19.4. The predicted octanol–water partition coefficient (Wildman–Crippen LogP) is 0.952. The van der Waals surface area contributed by atoms with E-state index in [-0.39, 0.29) is 42.4 Å². The number of anilines is 1. The molecular formula is C12H18IN5O. The molecule has 19 heavy (non-hydrogen) atoms. The molecule has 0 aromatic carbocycles. The second-order valence-corrected chi connectivity index (χ2v) is 4.29. The van der Waals surface area contributed by atoms with E-state index in [9.17, 15) is 4.79 Å². The van der Waals surface area contributed by atoms with Gasteiger partial charge in [0, 0.05) is 12.7 Å². The maximum absolute atomic E-state index is 11.4. The minimum absolute atomic E-state index is 0. The minimum atomic E-state index is -0.104. The van der Waals surface area contributed by atoms with Crippen molar-refractivity contribution in [2.24, 2.45) is 16.6 Å². The normalized spacial score (nSPS) is 14.4. The molecule has 104 valence electrons. The zero-order valence-corrected chi connectivity index (χ0v) is 12.8. The Kier molecular flexibility index (Phi) is 6.54. The zero-order chi connectivity index (χ0) is 12.8. The Hall–Kier alpha value is -1.38. The van der Waals surface area contributed by atoms with Crippen molar-refractivity contribution in [1.82, 2.24) is 10.3 Å². The van der Waals surface area contributed by atoms with Crippen molar-refractivity contribution in [3.05, 3.63) is 24.4 Å². The number of guanidine groups is 1. The minimum Gasteiger partial charge on any atom is -0.370 e. The average molecular weight is 375 g/mol. The largest absolute Gasteiger partial charge is 0.370 e. The van der Waals surface area contributed by atoms with E-state index >= 15 is 0 Å². The topological polar surface area (TPSA) is 92.4 Å². The Labute approximate surface area is 129 Å². The van der Waals surface area contributed by atoms with E-state index in [2.05, 4.69) is 20.6 Å².